The number of aryl methyl sites for hydroxylation is 2. The van der Waals surface area contributed by atoms with Gasteiger partial charge in [-0.3, -0.25) is 4.90 Å². The van der Waals surface area contributed by atoms with Gasteiger partial charge in [0.1, 0.15) is 0 Å². The molecular formula is C16H26N2O. The number of ether oxygens (including phenoxy) is 1. The third-order valence-corrected chi connectivity index (χ3v) is 4.47. The van der Waals surface area contributed by atoms with Crippen LogP contribution in [0.4, 0.5) is 0 Å². The van der Waals surface area contributed by atoms with Crippen molar-refractivity contribution in [1.29, 1.82) is 0 Å². The van der Waals surface area contributed by atoms with E-state index in [9.17, 15) is 0 Å². The summed E-state index contributed by atoms with van der Waals surface area (Å²) in [5, 5.41) is 0. The molecule has 0 bridgehead atoms. The van der Waals surface area contributed by atoms with Crippen molar-refractivity contribution in [2.45, 2.75) is 33.7 Å². The van der Waals surface area contributed by atoms with E-state index in [1.54, 1.807) is 0 Å². The van der Waals surface area contributed by atoms with Crippen molar-refractivity contribution >= 4 is 0 Å². The van der Waals surface area contributed by atoms with Crippen LogP contribution in [0.25, 0.3) is 0 Å². The van der Waals surface area contributed by atoms with E-state index in [0.717, 1.165) is 26.3 Å². The second kappa shape index (κ2) is 6.04. The Bertz CT molecular complexity index is 424. The van der Waals surface area contributed by atoms with Crippen LogP contribution in [0.5, 0.6) is 0 Å². The Hall–Kier alpha value is -0.900. The Labute approximate surface area is 116 Å². The van der Waals surface area contributed by atoms with Crippen molar-refractivity contribution in [3.8, 4) is 0 Å². The van der Waals surface area contributed by atoms with Crippen LogP contribution in [-0.2, 0) is 4.74 Å². The molecule has 3 nitrogen and oxygen atoms in total. The molecule has 1 heterocycles. The van der Waals surface area contributed by atoms with Crippen molar-refractivity contribution in [3.05, 3.63) is 33.9 Å². The zero-order valence-corrected chi connectivity index (χ0v) is 12.6. The van der Waals surface area contributed by atoms with Crippen molar-refractivity contribution in [2.75, 3.05) is 32.8 Å². The van der Waals surface area contributed by atoms with Gasteiger partial charge in [-0.05, 0) is 55.5 Å². The molecule has 1 aromatic rings. The van der Waals surface area contributed by atoms with Crippen LogP contribution in [0, 0.1) is 27.7 Å². The fourth-order valence-electron chi connectivity index (χ4n) is 3.09. The highest BCUT2D eigenvalue weighted by Gasteiger charge is 2.25. The predicted octanol–water partition coefficient (Wildman–Crippen LogP) is 2.25. The van der Waals surface area contributed by atoms with Gasteiger partial charge in [0.25, 0.3) is 0 Å². The second-order valence-corrected chi connectivity index (χ2v) is 5.57. The van der Waals surface area contributed by atoms with Gasteiger partial charge >= 0.3 is 0 Å². The van der Waals surface area contributed by atoms with E-state index in [0.29, 0.717) is 12.6 Å². The van der Waals surface area contributed by atoms with Gasteiger partial charge in [0, 0.05) is 25.7 Å². The number of hydrogen-bond acceptors (Lipinski definition) is 3. The first-order chi connectivity index (χ1) is 9.06. The minimum absolute atomic E-state index is 0.322. The molecule has 0 saturated carbocycles. The van der Waals surface area contributed by atoms with E-state index in [4.69, 9.17) is 10.5 Å². The highest BCUT2D eigenvalue weighted by atomic mass is 16.5. The van der Waals surface area contributed by atoms with Gasteiger partial charge in [-0.2, -0.15) is 0 Å². The zero-order chi connectivity index (χ0) is 14.0. The van der Waals surface area contributed by atoms with Crippen molar-refractivity contribution in [3.63, 3.8) is 0 Å². The summed E-state index contributed by atoms with van der Waals surface area (Å²) in [4.78, 5) is 2.47. The smallest absolute Gasteiger partial charge is 0.0594 e. The quantitative estimate of drug-likeness (QED) is 0.908. The lowest BCUT2D eigenvalue weighted by atomic mass is 9.89. The van der Waals surface area contributed by atoms with Crippen LogP contribution < -0.4 is 5.73 Å². The summed E-state index contributed by atoms with van der Waals surface area (Å²) in [6.07, 6.45) is 0. The molecule has 0 amide bonds. The Morgan fingerprint density at radius 2 is 1.63 bits per heavy atom. The summed E-state index contributed by atoms with van der Waals surface area (Å²) in [5.74, 6) is 0. The topological polar surface area (TPSA) is 38.5 Å². The molecule has 1 fully saturated rings. The number of morpholine rings is 1. The maximum atomic E-state index is 6.09. The Kier molecular flexibility index (Phi) is 4.61. The molecule has 2 rings (SSSR count). The normalized spacial score (nSPS) is 18.6. The highest BCUT2D eigenvalue weighted by molar-refractivity contribution is 5.46. The first-order valence-electron chi connectivity index (χ1n) is 7.15. The third-order valence-electron chi connectivity index (χ3n) is 4.47. The van der Waals surface area contributed by atoms with Gasteiger partial charge in [-0.1, -0.05) is 6.07 Å². The summed E-state index contributed by atoms with van der Waals surface area (Å²) in [7, 11) is 0. The Morgan fingerprint density at radius 1 is 1.11 bits per heavy atom. The van der Waals surface area contributed by atoms with Crippen LogP contribution in [0.2, 0.25) is 0 Å². The van der Waals surface area contributed by atoms with Crippen molar-refractivity contribution < 1.29 is 4.74 Å². The van der Waals surface area contributed by atoms with Gasteiger partial charge < -0.3 is 10.5 Å². The second-order valence-electron chi connectivity index (χ2n) is 5.57. The van der Waals surface area contributed by atoms with E-state index in [-0.39, 0.29) is 0 Å². The minimum Gasteiger partial charge on any atom is -0.379 e. The summed E-state index contributed by atoms with van der Waals surface area (Å²) < 4.78 is 5.46. The van der Waals surface area contributed by atoms with Gasteiger partial charge in [0.15, 0.2) is 0 Å². The van der Waals surface area contributed by atoms with E-state index in [1.807, 2.05) is 0 Å². The SMILES string of the molecule is Cc1cc(C)c(C)c(C(CN)N2CCOCC2)c1C. The molecule has 0 aliphatic carbocycles. The lowest BCUT2D eigenvalue weighted by molar-refractivity contribution is 0.0176. The molecule has 1 aliphatic heterocycles. The number of hydrogen-bond donors (Lipinski definition) is 1. The molecule has 1 saturated heterocycles. The monoisotopic (exact) mass is 262 g/mol. The van der Waals surface area contributed by atoms with Crippen molar-refractivity contribution in [1.82, 2.24) is 4.90 Å². The summed E-state index contributed by atoms with van der Waals surface area (Å²) in [5.41, 5.74) is 13.0. The molecule has 1 atom stereocenters. The molecular weight excluding hydrogens is 236 g/mol. The highest BCUT2D eigenvalue weighted by Crippen LogP contribution is 2.30. The third kappa shape index (κ3) is 2.83. The molecule has 106 valence electrons. The van der Waals surface area contributed by atoms with Gasteiger partial charge in [0.05, 0.1) is 13.2 Å². The number of nitrogens with two attached hydrogens (primary N) is 1. The number of nitrogens with zero attached hydrogens (tertiary/aromatic N) is 1. The van der Waals surface area contributed by atoms with Gasteiger partial charge in [-0.25, -0.2) is 0 Å². The van der Waals surface area contributed by atoms with E-state index in [2.05, 4.69) is 38.7 Å². The average molecular weight is 262 g/mol. The van der Waals surface area contributed by atoms with Crippen LogP contribution in [0.15, 0.2) is 6.07 Å². The van der Waals surface area contributed by atoms with Crippen LogP contribution in [0.3, 0.4) is 0 Å². The van der Waals surface area contributed by atoms with Crippen LogP contribution in [-0.4, -0.2) is 37.7 Å². The Balaban J connectivity index is 2.42. The first-order valence-corrected chi connectivity index (χ1v) is 7.15. The van der Waals surface area contributed by atoms with E-state index in [1.165, 1.54) is 27.8 Å². The lowest BCUT2D eigenvalue weighted by Gasteiger charge is -2.36. The lowest BCUT2D eigenvalue weighted by Crippen LogP contribution is -2.42. The molecule has 0 aromatic heterocycles. The van der Waals surface area contributed by atoms with Crippen molar-refractivity contribution in [2.24, 2.45) is 5.73 Å². The fourth-order valence-corrected chi connectivity index (χ4v) is 3.09. The van der Waals surface area contributed by atoms with E-state index < -0.39 is 0 Å². The number of benzene rings is 1. The summed E-state index contributed by atoms with van der Waals surface area (Å²) in [6, 6.07) is 2.60. The fraction of sp³-hybridized carbons (Fsp3) is 0.625. The molecule has 0 spiro atoms. The summed E-state index contributed by atoms with van der Waals surface area (Å²) in [6.45, 7) is 13.1. The predicted molar refractivity (Wildman–Crippen MR) is 79.6 cm³/mol. The molecule has 2 N–H and O–H groups in total. The maximum absolute atomic E-state index is 6.09. The zero-order valence-electron chi connectivity index (χ0n) is 12.6. The molecule has 1 aromatic carbocycles. The maximum Gasteiger partial charge on any atom is 0.0594 e. The molecule has 1 unspecified atom stereocenters. The van der Waals surface area contributed by atoms with Crippen LogP contribution in [0.1, 0.15) is 33.9 Å². The van der Waals surface area contributed by atoms with Gasteiger partial charge in [0.2, 0.25) is 0 Å². The first kappa shape index (κ1) is 14.5. The van der Waals surface area contributed by atoms with E-state index >= 15 is 0 Å². The average Bonchev–Trinajstić information content (AvgIpc) is 2.42. The Morgan fingerprint density at radius 3 is 2.11 bits per heavy atom. The molecule has 3 heteroatoms. The molecule has 19 heavy (non-hydrogen) atoms. The number of rotatable bonds is 3. The van der Waals surface area contributed by atoms with Crippen LogP contribution >= 0.6 is 0 Å². The van der Waals surface area contributed by atoms with Gasteiger partial charge in [-0.15, -0.1) is 0 Å². The standard InChI is InChI=1S/C16H26N2O/c1-11-9-12(2)14(4)16(13(11)3)15(10-17)18-5-7-19-8-6-18/h9,15H,5-8,10,17H2,1-4H3. The molecule has 0 radical (unpaired) electrons. The largest absolute Gasteiger partial charge is 0.379 e. The summed E-state index contributed by atoms with van der Waals surface area (Å²) >= 11 is 0. The molecule has 1 aliphatic rings. The minimum atomic E-state index is 0.322.